The van der Waals surface area contributed by atoms with Crippen molar-refractivity contribution >= 4 is 27.5 Å². The van der Waals surface area contributed by atoms with Crippen molar-refractivity contribution in [2.24, 2.45) is 0 Å². The molecule has 7 heteroatoms. The van der Waals surface area contributed by atoms with Gasteiger partial charge in [0.15, 0.2) is 5.15 Å². The summed E-state index contributed by atoms with van der Waals surface area (Å²) in [4.78, 5) is 8.03. The van der Waals surface area contributed by atoms with Crippen LogP contribution in [0.1, 0.15) is 11.4 Å². The molecule has 0 spiro atoms. The molecule has 0 bridgehead atoms. The number of aromatic nitrogens is 4. The first kappa shape index (κ1) is 12.3. The highest BCUT2D eigenvalue weighted by Gasteiger charge is 2.17. The zero-order valence-corrected chi connectivity index (χ0v) is 11.9. The van der Waals surface area contributed by atoms with E-state index < -0.39 is 0 Å². The maximum atomic E-state index is 5.95. The molecule has 0 N–H and O–H groups in total. The molecule has 0 aliphatic carbocycles. The first-order chi connectivity index (χ1) is 8.06. The van der Waals surface area contributed by atoms with Gasteiger partial charge in [0.25, 0.3) is 0 Å². The molecular formula is C10H10BrClN4O. The lowest BCUT2D eigenvalue weighted by Crippen LogP contribution is -2.05. The Morgan fingerprint density at radius 2 is 2.06 bits per heavy atom. The number of rotatable bonds is 2. The van der Waals surface area contributed by atoms with Crippen molar-refractivity contribution in [1.82, 2.24) is 19.7 Å². The van der Waals surface area contributed by atoms with Crippen LogP contribution in [0.2, 0.25) is 5.15 Å². The Bertz CT molecular complexity index is 570. The van der Waals surface area contributed by atoms with Crippen LogP contribution >= 0.6 is 27.5 Å². The van der Waals surface area contributed by atoms with Crippen molar-refractivity contribution in [2.45, 2.75) is 13.8 Å². The SMILES string of the molecule is COc1c(Cl)ncnc1-n1nc(C)c(Br)c1C. The molecule has 0 aliphatic rings. The molecular weight excluding hydrogens is 307 g/mol. The Kier molecular flexibility index (Phi) is 3.35. The normalized spacial score (nSPS) is 10.6. The van der Waals surface area contributed by atoms with Crippen LogP contribution in [0, 0.1) is 13.8 Å². The Hall–Kier alpha value is -1.14. The van der Waals surface area contributed by atoms with Gasteiger partial charge in [-0.15, -0.1) is 0 Å². The lowest BCUT2D eigenvalue weighted by molar-refractivity contribution is 0.407. The highest BCUT2D eigenvalue weighted by atomic mass is 79.9. The number of ether oxygens (including phenoxy) is 1. The van der Waals surface area contributed by atoms with Gasteiger partial charge >= 0.3 is 0 Å². The highest BCUT2D eigenvalue weighted by Crippen LogP contribution is 2.30. The smallest absolute Gasteiger partial charge is 0.201 e. The number of hydrogen-bond donors (Lipinski definition) is 0. The Labute approximate surface area is 112 Å². The summed E-state index contributed by atoms with van der Waals surface area (Å²) in [6.07, 6.45) is 1.38. The van der Waals surface area contributed by atoms with E-state index in [1.807, 2.05) is 13.8 Å². The maximum Gasteiger partial charge on any atom is 0.201 e. The van der Waals surface area contributed by atoms with E-state index in [0.717, 1.165) is 15.9 Å². The third-order valence-corrected chi connectivity index (χ3v) is 3.77. The van der Waals surface area contributed by atoms with Crippen molar-refractivity contribution in [3.8, 4) is 11.6 Å². The highest BCUT2D eigenvalue weighted by molar-refractivity contribution is 9.10. The van der Waals surface area contributed by atoms with Crippen LogP contribution in [0.15, 0.2) is 10.8 Å². The van der Waals surface area contributed by atoms with E-state index in [4.69, 9.17) is 16.3 Å². The van der Waals surface area contributed by atoms with Crippen LogP contribution < -0.4 is 4.74 Å². The molecule has 17 heavy (non-hydrogen) atoms. The minimum absolute atomic E-state index is 0.265. The fraction of sp³-hybridized carbons (Fsp3) is 0.300. The predicted octanol–water partition coefficient (Wildman–Crippen LogP) is 2.70. The molecule has 0 fully saturated rings. The zero-order chi connectivity index (χ0) is 12.6. The first-order valence-corrected chi connectivity index (χ1v) is 6.00. The second-order valence-electron chi connectivity index (χ2n) is 3.42. The summed E-state index contributed by atoms with van der Waals surface area (Å²) >= 11 is 9.41. The number of methoxy groups -OCH3 is 1. The van der Waals surface area contributed by atoms with Crippen molar-refractivity contribution in [3.63, 3.8) is 0 Å². The van der Waals surface area contributed by atoms with Gasteiger partial charge in [0.1, 0.15) is 6.33 Å². The van der Waals surface area contributed by atoms with Gasteiger partial charge in [-0.25, -0.2) is 14.6 Å². The molecule has 0 saturated carbocycles. The summed E-state index contributed by atoms with van der Waals surface area (Å²) < 4.78 is 7.81. The average molecular weight is 318 g/mol. The fourth-order valence-electron chi connectivity index (χ4n) is 1.50. The molecule has 0 aliphatic heterocycles. The summed E-state index contributed by atoms with van der Waals surface area (Å²) in [6, 6.07) is 0. The van der Waals surface area contributed by atoms with Crippen molar-refractivity contribution in [1.29, 1.82) is 0 Å². The molecule has 0 saturated heterocycles. The molecule has 2 aromatic heterocycles. The van der Waals surface area contributed by atoms with Gasteiger partial charge in [-0.3, -0.25) is 0 Å². The van der Waals surface area contributed by atoms with Crippen LogP contribution in [-0.4, -0.2) is 26.9 Å². The number of aryl methyl sites for hydroxylation is 1. The quantitative estimate of drug-likeness (QED) is 0.799. The molecule has 90 valence electrons. The Balaban J connectivity index is 2.68. The molecule has 0 radical (unpaired) electrons. The summed E-state index contributed by atoms with van der Waals surface area (Å²) in [6.45, 7) is 3.84. The van der Waals surface area contributed by atoms with Crippen LogP contribution in [0.3, 0.4) is 0 Å². The van der Waals surface area contributed by atoms with E-state index in [1.54, 1.807) is 4.68 Å². The van der Waals surface area contributed by atoms with Gasteiger partial charge in [-0.2, -0.15) is 5.10 Å². The van der Waals surface area contributed by atoms with Gasteiger partial charge < -0.3 is 4.74 Å². The van der Waals surface area contributed by atoms with E-state index >= 15 is 0 Å². The molecule has 2 aromatic rings. The maximum absolute atomic E-state index is 5.95. The topological polar surface area (TPSA) is 52.8 Å². The van der Waals surface area contributed by atoms with Crippen LogP contribution in [0.25, 0.3) is 5.82 Å². The van der Waals surface area contributed by atoms with Gasteiger partial charge in [0, 0.05) is 0 Å². The van der Waals surface area contributed by atoms with E-state index in [1.165, 1.54) is 13.4 Å². The average Bonchev–Trinajstić information content (AvgIpc) is 2.56. The van der Waals surface area contributed by atoms with Crippen molar-refractivity contribution in [3.05, 3.63) is 27.3 Å². The minimum atomic E-state index is 0.265. The zero-order valence-electron chi connectivity index (χ0n) is 9.53. The second-order valence-corrected chi connectivity index (χ2v) is 4.57. The second kappa shape index (κ2) is 4.62. The van der Waals surface area contributed by atoms with E-state index in [9.17, 15) is 0 Å². The van der Waals surface area contributed by atoms with Gasteiger partial charge in [-0.05, 0) is 29.8 Å². The minimum Gasteiger partial charge on any atom is -0.490 e. The van der Waals surface area contributed by atoms with E-state index in [0.29, 0.717) is 11.6 Å². The number of hydrogen-bond acceptors (Lipinski definition) is 4. The summed E-state index contributed by atoms with van der Waals surface area (Å²) in [5.41, 5.74) is 1.80. The van der Waals surface area contributed by atoms with Gasteiger partial charge in [-0.1, -0.05) is 11.6 Å². The largest absolute Gasteiger partial charge is 0.490 e. The van der Waals surface area contributed by atoms with Crippen molar-refractivity contribution in [2.75, 3.05) is 7.11 Å². The third kappa shape index (κ3) is 2.02. The lowest BCUT2D eigenvalue weighted by atomic mass is 10.4. The van der Waals surface area contributed by atoms with Gasteiger partial charge in [0.05, 0.1) is 23.0 Å². The van der Waals surface area contributed by atoms with Crippen LogP contribution in [0.5, 0.6) is 5.75 Å². The van der Waals surface area contributed by atoms with E-state index in [-0.39, 0.29) is 5.15 Å². The molecule has 0 aromatic carbocycles. The van der Waals surface area contributed by atoms with E-state index in [2.05, 4.69) is 31.0 Å². The molecule has 5 nitrogen and oxygen atoms in total. The lowest BCUT2D eigenvalue weighted by Gasteiger charge is -2.09. The molecule has 0 unspecified atom stereocenters. The Morgan fingerprint density at radius 1 is 1.35 bits per heavy atom. The molecule has 0 amide bonds. The van der Waals surface area contributed by atoms with Crippen molar-refractivity contribution < 1.29 is 4.74 Å². The molecule has 0 atom stereocenters. The first-order valence-electron chi connectivity index (χ1n) is 4.82. The Morgan fingerprint density at radius 3 is 2.59 bits per heavy atom. The number of halogens is 2. The van der Waals surface area contributed by atoms with Gasteiger partial charge in [0.2, 0.25) is 11.6 Å². The number of nitrogens with zero attached hydrogens (tertiary/aromatic N) is 4. The summed E-state index contributed by atoms with van der Waals surface area (Å²) in [7, 11) is 1.52. The third-order valence-electron chi connectivity index (χ3n) is 2.35. The van der Waals surface area contributed by atoms with Crippen LogP contribution in [-0.2, 0) is 0 Å². The summed E-state index contributed by atoms with van der Waals surface area (Å²) in [5, 5.41) is 4.64. The standard InChI is InChI=1S/C10H10BrClN4O/c1-5-7(11)6(2)16(15-5)10-8(17-3)9(12)13-4-14-10/h4H,1-3H3. The monoisotopic (exact) mass is 316 g/mol. The van der Waals surface area contributed by atoms with Crippen LogP contribution in [0.4, 0.5) is 0 Å². The summed E-state index contributed by atoms with van der Waals surface area (Å²) in [5.74, 6) is 0.936. The predicted molar refractivity (Wildman–Crippen MR) is 67.9 cm³/mol. The fourth-order valence-corrected chi connectivity index (χ4v) is 1.95. The molecule has 2 heterocycles. The molecule has 2 rings (SSSR count).